The number of rotatable bonds is 25. The van der Waals surface area contributed by atoms with Crippen molar-refractivity contribution in [3.8, 4) is 0 Å². The Kier molecular flexibility index (Phi) is 23.4. The summed E-state index contributed by atoms with van der Waals surface area (Å²) in [7, 11) is 4.75. The molecule has 0 aromatic carbocycles. The molecule has 0 bridgehead atoms. The van der Waals surface area contributed by atoms with Crippen LogP contribution in [0.5, 0.6) is 0 Å². The predicted octanol–water partition coefficient (Wildman–Crippen LogP) is 8.04. The van der Waals surface area contributed by atoms with Crippen LogP contribution in [0.3, 0.4) is 0 Å². The van der Waals surface area contributed by atoms with Crippen molar-refractivity contribution < 1.29 is 9.32 Å². The van der Waals surface area contributed by atoms with E-state index in [1.165, 1.54) is 129 Å². The molecule has 182 valence electrons. The minimum absolute atomic E-state index is 0.840. The molecule has 0 rings (SSSR count). The van der Waals surface area contributed by atoms with Gasteiger partial charge in [-0.3, -0.25) is 0 Å². The Morgan fingerprint density at radius 1 is 0.500 bits per heavy atom. The number of unbranched alkanes of at least 4 members (excludes halogenated alkanes) is 16. The molecule has 0 heterocycles. The molecule has 0 radical (unpaired) electrons. The van der Waals surface area contributed by atoms with Crippen molar-refractivity contribution in [3.05, 3.63) is 0 Å². The van der Waals surface area contributed by atoms with Crippen molar-refractivity contribution in [1.29, 1.82) is 0 Å². The van der Waals surface area contributed by atoms with Crippen molar-refractivity contribution in [3.63, 3.8) is 0 Å². The largest absolute Gasteiger partial charge is 0.328 e. The standard InChI is InChI=1S/C27H59N2O/c1-5-7-9-10-11-12-13-14-15-16-17-18-19-20-22-25-29(3,4)26-23-27-30-28-24-21-8-6-2/h28H,5-27H2,1-4H3/q+1. The van der Waals surface area contributed by atoms with E-state index in [2.05, 4.69) is 33.4 Å². The van der Waals surface area contributed by atoms with Crippen LogP contribution in [0.4, 0.5) is 0 Å². The second-order valence-corrected chi connectivity index (χ2v) is 10.1. The Morgan fingerprint density at radius 2 is 0.900 bits per heavy atom. The van der Waals surface area contributed by atoms with Gasteiger partial charge in [-0.15, -0.1) is 0 Å². The van der Waals surface area contributed by atoms with Crippen LogP contribution in [0.2, 0.25) is 0 Å². The molecular formula is C27H59N2O+. The SMILES string of the molecule is CCCCCCCCCCCCCCCCC[N+](C)(C)CCCONCCCCC. The minimum atomic E-state index is 0.840. The third kappa shape index (κ3) is 24.2. The summed E-state index contributed by atoms with van der Waals surface area (Å²) in [5.74, 6) is 0. The maximum Gasteiger partial charge on any atom is 0.0805 e. The van der Waals surface area contributed by atoms with E-state index in [1.54, 1.807) is 0 Å². The van der Waals surface area contributed by atoms with Crippen molar-refractivity contribution in [2.45, 2.75) is 136 Å². The van der Waals surface area contributed by atoms with E-state index in [4.69, 9.17) is 4.84 Å². The monoisotopic (exact) mass is 427 g/mol. The Balaban J connectivity index is 3.26. The molecule has 0 aromatic heterocycles. The summed E-state index contributed by atoms with van der Waals surface area (Å²) in [6.07, 6.45) is 26.6. The van der Waals surface area contributed by atoms with E-state index in [0.29, 0.717) is 0 Å². The van der Waals surface area contributed by atoms with E-state index in [0.717, 1.165) is 24.1 Å². The van der Waals surface area contributed by atoms with Gasteiger partial charge in [-0.05, 0) is 19.3 Å². The van der Waals surface area contributed by atoms with Gasteiger partial charge in [0.25, 0.3) is 0 Å². The molecule has 0 atom stereocenters. The highest BCUT2D eigenvalue weighted by Crippen LogP contribution is 2.14. The van der Waals surface area contributed by atoms with Crippen LogP contribution in [0.1, 0.15) is 136 Å². The van der Waals surface area contributed by atoms with E-state index in [1.807, 2.05) is 0 Å². The highest BCUT2D eigenvalue weighted by molar-refractivity contribution is 4.50. The van der Waals surface area contributed by atoms with Gasteiger partial charge >= 0.3 is 0 Å². The number of hydrogen-bond donors (Lipinski definition) is 1. The number of quaternary nitrogens is 1. The molecule has 0 saturated heterocycles. The lowest BCUT2D eigenvalue weighted by atomic mass is 10.0. The molecule has 0 aliphatic rings. The maximum absolute atomic E-state index is 5.55. The highest BCUT2D eigenvalue weighted by Gasteiger charge is 2.13. The average Bonchev–Trinajstić information content (AvgIpc) is 2.72. The highest BCUT2D eigenvalue weighted by atomic mass is 16.6. The molecule has 0 spiro atoms. The predicted molar refractivity (Wildman–Crippen MR) is 135 cm³/mol. The summed E-state index contributed by atoms with van der Waals surface area (Å²) in [5.41, 5.74) is 3.10. The van der Waals surface area contributed by atoms with Crippen LogP contribution in [0, 0.1) is 0 Å². The van der Waals surface area contributed by atoms with E-state index < -0.39 is 0 Å². The van der Waals surface area contributed by atoms with E-state index in [-0.39, 0.29) is 0 Å². The van der Waals surface area contributed by atoms with Crippen LogP contribution >= 0.6 is 0 Å². The number of hydrogen-bond acceptors (Lipinski definition) is 2. The fourth-order valence-corrected chi connectivity index (χ4v) is 4.18. The maximum atomic E-state index is 5.55. The Bertz CT molecular complexity index is 320. The van der Waals surface area contributed by atoms with Gasteiger partial charge in [0.15, 0.2) is 0 Å². The van der Waals surface area contributed by atoms with Gasteiger partial charge in [0.1, 0.15) is 0 Å². The molecule has 30 heavy (non-hydrogen) atoms. The lowest BCUT2D eigenvalue weighted by Gasteiger charge is -2.29. The Labute approximate surface area is 191 Å². The van der Waals surface area contributed by atoms with Gasteiger partial charge in [-0.25, -0.2) is 5.48 Å². The van der Waals surface area contributed by atoms with Crippen LogP contribution in [-0.4, -0.2) is 44.8 Å². The zero-order chi connectivity index (χ0) is 22.2. The van der Waals surface area contributed by atoms with Gasteiger partial charge in [0.2, 0.25) is 0 Å². The zero-order valence-electron chi connectivity index (χ0n) is 21.6. The number of nitrogens with zero attached hydrogens (tertiary/aromatic N) is 1. The minimum Gasteiger partial charge on any atom is -0.328 e. The van der Waals surface area contributed by atoms with Crippen LogP contribution < -0.4 is 5.48 Å². The van der Waals surface area contributed by atoms with E-state index >= 15 is 0 Å². The van der Waals surface area contributed by atoms with Gasteiger partial charge in [-0.2, -0.15) is 0 Å². The summed E-state index contributed by atoms with van der Waals surface area (Å²) in [6, 6.07) is 0. The molecule has 3 heteroatoms. The quantitative estimate of drug-likeness (QED) is 0.0904. The molecule has 0 fully saturated rings. The summed E-state index contributed by atoms with van der Waals surface area (Å²) < 4.78 is 1.14. The molecule has 0 amide bonds. The molecular weight excluding hydrogens is 368 g/mol. The second kappa shape index (κ2) is 23.5. The molecule has 0 aromatic rings. The Hall–Kier alpha value is -0.120. The van der Waals surface area contributed by atoms with Crippen molar-refractivity contribution in [1.82, 2.24) is 5.48 Å². The van der Waals surface area contributed by atoms with Gasteiger partial charge < -0.3 is 9.32 Å². The molecule has 0 aliphatic heterocycles. The number of hydroxylamine groups is 1. The fraction of sp³-hybridized carbons (Fsp3) is 1.00. The normalized spacial score (nSPS) is 12.0. The molecule has 1 N–H and O–H groups in total. The van der Waals surface area contributed by atoms with Gasteiger partial charge in [0, 0.05) is 13.0 Å². The van der Waals surface area contributed by atoms with Crippen molar-refractivity contribution in [2.24, 2.45) is 0 Å². The third-order valence-corrected chi connectivity index (χ3v) is 6.36. The molecule has 3 nitrogen and oxygen atoms in total. The smallest absolute Gasteiger partial charge is 0.0805 e. The topological polar surface area (TPSA) is 21.3 Å². The average molecular weight is 428 g/mol. The zero-order valence-corrected chi connectivity index (χ0v) is 21.6. The first-order valence-corrected chi connectivity index (χ1v) is 13.8. The molecule has 0 saturated carbocycles. The van der Waals surface area contributed by atoms with Crippen LogP contribution in [-0.2, 0) is 4.84 Å². The molecule has 0 unspecified atom stereocenters. The fourth-order valence-electron chi connectivity index (χ4n) is 4.18. The number of nitrogens with one attached hydrogen (secondary N) is 1. The first-order valence-electron chi connectivity index (χ1n) is 13.8. The lowest BCUT2D eigenvalue weighted by Crippen LogP contribution is -2.41. The first kappa shape index (κ1) is 29.9. The van der Waals surface area contributed by atoms with Gasteiger partial charge in [0.05, 0.1) is 33.8 Å². The van der Waals surface area contributed by atoms with Crippen molar-refractivity contribution >= 4 is 0 Å². The first-order chi connectivity index (χ1) is 14.6. The summed E-state index contributed by atoms with van der Waals surface area (Å²) in [5, 5.41) is 0. The lowest BCUT2D eigenvalue weighted by molar-refractivity contribution is -0.890. The Morgan fingerprint density at radius 3 is 1.40 bits per heavy atom. The third-order valence-electron chi connectivity index (χ3n) is 6.36. The second-order valence-electron chi connectivity index (χ2n) is 10.1. The van der Waals surface area contributed by atoms with Crippen molar-refractivity contribution in [2.75, 3.05) is 40.3 Å². The van der Waals surface area contributed by atoms with Crippen LogP contribution in [0.25, 0.3) is 0 Å². The van der Waals surface area contributed by atoms with Crippen LogP contribution in [0.15, 0.2) is 0 Å². The summed E-state index contributed by atoms with van der Waals surface area (Å²) >= 11 is 0. The molecule has 0 aliphatic carbocycles. The van der Waals surface area contributed by atoms with E-state index in [9.17, 15) is 0 Å². The van der Waals surface area contributed by atoms with Gasteiger partial charge in [-0.1, -0.05) is 110 Å². The summed E-state index contributed by atoms with van der Waals surface area (Å²) in [6.45, 7) is 8.89. The summed E-state index contributed by atoms with van der Waals surface area (Å²) in [4.78, 5) is 5.55.